The van der Waals surface area contributed by atoms with E-state index in [0.29, 0.717) is 12.1 Å². The van der Waals surface area contributed by atoms with Gasteiger partial charge in [0, 0.05) is 12.1 Å². The molecule has 0 saturated heterocycles. The van der Waals surface area contributed by atoms with Crippen molar-refractivity contribution in [1.29, 1.82) is 0 Å². The molecule has 0 aliphatic rings. The molecule has 0 fully saturated rings. The Balaban J connectivity index is -0.0000000600. The van der Waals surface area contributed by atoms with Gasteiger partial charge < -0.3 is 5.32 Å². The number of halogens is 3. The monoisotopic (exact) mass is 161 g/mol. The molecule has 0 saturated carbocycles. The van der Waals surface area contributed by atoms with E-state index in [1.807, 2.05) is 0 Å². The van der Waals surface area contributed by atoms with Crippen LogP contribution in [0.1, 0.15) is 27.7 Å². The van der Waals surface area contributed by atoms with Gasteiger partial charge in [-0.2, -0.15) is 0 Å². The third kappa shape index (κ3) is 25.1. The van der Waals surface area contributed by atoms with Crippen LogP contribution in [0.25, 0.3) is 0 Å². The third-order valence-corrected chi connectivity index (χ3v) is 0.667. The summed E-state index contributed by atoms with van der Waals surface area (Å²) >= 11 is 0. The van der Waals surface area contributed by atoms with Crippen LogP contribution in [0.5, 0.6) is 0 Å². The summed E-state index contributed by atoms with van der Waals surface area (Å²) in [6.07, 6.45) is 0. The fourth-order valence-electron chi connectivity index (χ4n) is 0.667. The Morgan fingerprint density at radius 3 is 0.900 bits per heavy atom. The lowest BCUT2D eigenvalue weighted by Gasteiger charge is -2.10. The van der Waals surface area contributed by atoms with Crippen molar-refractivity contribution in [3.8, 4) is 0 Å². The molecule has 0 aliphatic heterocycles. The second kappa shape index (κ2) is 11.5. The minimum atomic E-state index is 0. The minimum Gasteiger partial charge on any atom is -0.312 e. The summed E-state index contributed by atoms with van der Waals surface area (Å²) in [5.41, 5.74) is 0. The Hall–Kier alpha value is -0.250. The Morgan fingerprint density at radius 2 is 0.900 bits per heavy atom. The first-order chi connectivity index (χ1) is 3.13. The predicted molar refractivity (Wildman–Crippen MR) is 40.9 cm³/mol. The smallest absolute Gasteiger partial charge is 0.00127 e. The van der Waals surface area contributed by atoms with Crippen molar-refractivity contribution in [2.45, 2.75) is 39.8 Å². The molecule has 1 nitrogen and oxygen atoms in total. The van der Waals surface area contributed by atoms with Gasteiger partial charge in [0.05, 0.1) is 0 Å². The van der Waals surface area contributed by atoms with Gasteiger partial charge in [0.1, 0.15) is 0 Å². The zero-order chi connectivity index (χ0) is 5.86. The van der Waals surface area contributed by atoms with Gasteiger partial charge in [0.15, 0.2) is 0 Å². The highest BCUT2D eigenvalue weighted by Crippen LogP contribution is 1.80. The van der Waals surface area contributed by atoms with Gasteiger partial charge in [-0.05, 0) is 0 Å². The second-order valence-corrected chi connectivity index (χ2v) is 2.48. The molecule has 0 heterocycles. The quantitative estimate of drug-likeness (QED) is 0.651. The third-order valence-electron chi connectivity index (χ3n) is 0.667. The molecule has 0 unspecified atom stereocenters. The zero-order valence-electron chi connectivity index (χ0n) is 6.88. The highest BCUT2D eigenvalue weighted by molar-refractivity contribution is 4.55. The van der Waals surface area contributed by atoms with Crippen molar-refractivity contribution in [3.05, 3.63) is 0 Å². The molecular weight excluding hydrogens is 143 g/mol. The van der Waals surface area contributed by atoms with Gasteiger partial charge in [-0.25, -0.2) is 0 Å². The maximum Gasteiger partial charge on any atom is 0.00127 e. The average Bonchev–Trinajstić information content (AvgIpc) is 1.27. The summed E-state index contributed by atoms with van der Waals surface area (Å²) in [6.45, 7) is 8.61. The molecule has 0 spiro atoms. The lowest BCUT2D eigenvalue weighted by atomic mass is 10.3. The topological polar surface area (TPSA) is 12.0 Å². The van der Waals surface area contributed by atoms with Crippen LogP contribution in [0.15, 0.2) is 0 Å². The summed E-state index contributed by atoms with van der Waals surface area (Å²) < 4.78 is 0. The molecule has 0 rings (SSSR count). The van der Waals surface area contributed by atoms with Gasteiger partial charge >= 0.3 is 0 Å². The highest BCUT2D eigenvalue weighted by atomic mass is 19.0. The molecule has 1 N–H and O–H groups in total. The van der Waals surface area contributed by atoms with Gasteiger partial charge in [-0.15, -0.1) is 0 Å². The van der Waals surface area contributed by atoms with Crippen LogP contribution < -0.4 is 5.32 Å². The summed E-state index contributed by atoms with van der Waals surface area (Å²) in [5, 5.41) is 3.31. The molecule has 68 valence electrons. The van der Waals surface area contributed by atoms with Crippen molar-refractivity contribution in [2.75, 3.05) is 0 Å². The maximum absolute atomic E-state index is 3.31. The zero-order valence-corrected chi connectivity index (χ0v) is 6.88. The minimum absolute atomic E-state index is 0. The van der Waals surface area contributed by atoms with Crippen LogP contribution in [0, 0.1) is 0 Å². The molecule has 0 bridgehead atoms. The van der Waals surface area contributed by atoms with E-state index in [2.05, 4.69) is 33.0 Å². The fraction of sp³-hybridized carbons (Fsp3) is 1.00. The summed E-state index contributed by atoms with van der Waals surface area (Å²) in [4.78, 5) is 0. The Bertz CT molecular complexity index is 42.3. The van der Waals surface area contributed by atoms with Crippen LogP contribution >= 0.6 is 0 Å². The van der Waals surface area contributed by atoms with E-state index in [9.17, 15) is 0 Å². The van der Waals surface area contributed by atoms with E-state index in [1.54, 1.807) is 0 Å². The maximum atomic E-state index is 3.31. The van der Waals surface area contributed by atoms with Gasteiger partial charge in [0.25, 0.3) is 0 Å². The largest absolute Gasteiger partial charge is 0.312 e. The first kappa shape index (κ1) is 22.6. The molecule has 0 amide bonds. The van der Waals surface area contributed by atoms with Gasteiger partial charge in [-0.1, -0.05) is 27.7 Å². The first-order valence-electron chi connectivity index (χ1n) is 2.89. The summed E-state index contributed by atoms with van der Waals surface area (Å²) in [5.74, 6) is 0. The van der Waals surface area contributed by atoms with E-state index in [1.165, 1.54) is 0 Å². The van der Waals surface area contributed by atoms with E-state index in [-0.39, 0.29) is 14.1 Å². The summed E-state index contributed by atoms with van der Waals surface area (Å²) in [6, 6.07) is 1.25. The molecule has 0 aromatic carbocycles. The summed E-state index contributed by atoms with van der Waals surface area (Å²) in [7, 11) is 0. The number of rotatable bonds is 2. The van der Waals surface area contributed by atoms with Gasteiger partial charge in [0.2, 0.25) is 0 Å². The van der Waals surface area contributed by atoms with Crippen molar-refractivity contribution < 1.29 is 14.1 Å². The molecule has 10 heavy (non-hydrogen) atoms. The van der Waals surface area contributed by atoms with Crippen LogP contribution in [0.3, 0.4) is 0 Å². The van der Waals surface area contributed by atoms with E-state index in [0.717, 1.165) is 0 Å². The molecule has 4 heteroatoms. The molecular formula is C6H18F3N. The fourth-order valence-corrected chi connectivity index (χ4v) is 0.667. The highest BCUT2D eigenvalue weighted by Gasteiger charge is 1.92. The van der Waals surface area contributed by atoms with Crippen molar-refractivity contribution in [2.24, 2.45) is 0 Å². The van der Waals surface area contributed by atoms with Crippen molar-refractivity contribution in [1.82, 2.24) is 5.32 Å². The van der Waals surface area contributed by atoms with E-state index in [4.69, 9.17) is 0 Å². The lowest BCUT2D eigenvalue weighted by Crippen LogP contribution is -2.29. The normalized spacial score (nSPS) is 7.80. The van der Waals surface area contributed by atoms with E-state index >= 15 is 0 Å². The first-order valence-corrected chi connectivity index (χ1v) is 2.89. The number of hydrogen-bond donors (Lipinski definition) is 1. The second-order valence-electron chi connectivity index (χ2n) is 2.48. The molecule has 0 radical (unpaired) electrons. The average molecular weight is 161 g/mol. The molecule has 0 aromatic rings. The van der Waals surface area contributed by atoms with Crippen LogP contribution in [0.2, 0.25) is 0 Å². The van der Waals surface area contributed by atoms with Crippen molar-refractivity contribution in [3.63, 3.8) is 0 Å². The van der Waals surface area contributed by atoms with Crippen molar-refractivity contribution >= 4 is 0 Å². The van der Waals surface area contributed by atoms with E-state index < -0.39 is 0 Å². The number of nitrogens with one attached hydrogen (secondary N) is 1. The SMILES string of the molecule is CC(C)NC(C)C.F.F.F. The Labute approximate surface area is 60.3 Å². The number of hydrogen-bond acceptors (Lipinski definition) is 1. The molecule has 0 aliphatic carbocycles. The van der Waals surface area contributed by atoms with Crippen LogP contribution in [-0.2, 0) is 0 Å². The Morgan fingerprint density at radius 1 is 0.700 bits per heavy atom. The molecule has 0 aromatic heterocycles. The molecule has 0 atom stereocenters. The van der Waals surface area contributed by atoms with Crippen LogP contribution in [-0.4, -0.2) is 12.1 Å². The standard InChI is InChI=1S/C6H15N.3FH/c1-5(2)7-6(3)4;;;/h5-7H,1-4H3;3*1H. The lowest BCUT2D eigenvalue weighted by molar-refractivity contribution is 0.518. The Kier molecular flexibility index (Phi) is 26.0. The predicted octanol–water partition coefficient (Wildman–Crippen LogP) is 1.85. The van der Waals surface area contributed by atoms with Gasteiger partial charge in [-0.3, -0.25) is 14.1 Å². The van der Waals surface area contributed by atoms with Crippen LogP contribution in [0.4, 0.5) is 14.1 Å².